The predicted molar refractivity (Wildman–Crippen MR) is 131 cm³/mol. The minimum Gasteiger partial charge on any atom is -0.379 e. The molecule has 3 fully saturated rings. The van der Waals surface area contributed by atoms with Crippen LogP contribution in [0.2, 0.25) is 0 Å². The van der Waals surface area contributed by atoms with Gasteiger partial charge in [0, 0.05) is 55.4 Å². The fourth-order valence-corrected chi connectivity index (χ4v) is 6.02. The van der Waals surface area contributed by atoms with Gasteiger partial charge in [-0.15, -0.1) is 11.3 Å². The molecule has 4 aliphatic rings. The van der Waals surface area contributed by atoms with E-state index >= 15 is 0 Å². The number of nitrogens with zero attached hydrogens (tertiary/aromatic N) is 4. The van der Waals surface area contributed by atoms with E-state index in [0.29, 0.717) is 18.3 Å². The molecule has 1 unspecified atom stereocenters. The zero-order valence-electron chi connectivity index (χ0n) is 19.6. The molecule has 2 aromatic rings. The summed E-state index contributed by atoms with van der Waals surface area (Å²) in [6, 6.07) is 4.62. The summed E-state index contributed by atoms with van der Waals surface area (Å²) < 4.78 is 5.44. The molecular weight excluding hydrogens is 484 g/mol. The van der Waals surface area contributed by atoms with Crippen molar-refractivity contribution < 1.29 is 23.9 Å². The smallest absolute Gasteiger partial charge is 0.264 e. The summed E-state index contributed by atoms with van der Waals surface area (Å²) in [7, 11) is 0. The van der Waals surface area contributed by atoms with E-state index in [1.165, 1.54) is 0 Å². The van der Waals surface area contributed by atoms with Crippen LogP contribution in [0.3, 0.4) is 0 Å². The summed E-state index contributed by atoms with van der Waals surface area (Å²) in [5, 5.41) is 6.48. The number of aromatic nitrogens is 1. The third kappa shape index (κ3) is 4.04. The summed E-state index contributed by atoms with van der Waals surface area (Å²) in [5.74, 6) is -2.04. The van der Waals surface area contributed by atoms with Crippen molar-refractivity contribution in [3.05, 3.63) is 40.4 Å². The van der Waals surface area contributed by atoms with Gasteiger partial charge in [-0.25, -0.2) is 4.98 Å². The third-order valence-electron chi connectivity index (χ3n) is 7.16. The van der Waals surface area contributed by atoms with Gasteiger partial charge in [0.25, 0.3) is 11.8 Å². The van der Waals surface area contributed by atoms with Crippen LogP contribution in [0.25, 0.3) is 0 Å². The summed E-state index contributed by atoms with van der Waals surface area (Å²) in [4.78, 5) is 61.4. The van der Waals surface area contributed by atoms with Gasteiger partial charge in [0.2, 0.25) is 11.8 Å². The van der Waals surface area contributed by atoms with Crippen molar-refractivity contribution >= 4 is 45.8 Å². The molecule has 0 saturated carbocycles. The molecule has 12 heteroatoms. The quantitative estimate of drug-likeness (QED) is 0.540. The van der Waals surface area contributed by atoms with Gasteiger partial charge in [0.1, 0.15) is 6.04 Å². The summed E-state index contributed by atoms with van der Waals surface area (Å²) in [5.41, 5.74) is 1.05. The number of hydrogen-bond donors (Lipinski definition) is 2. The molecular formula is C24H26N6O5S. The highest BCUT2D eigenvalue weighted by Crippen LogP contribution is 2.34. The van der Waals surface area contributed by atoms with E-state index < -0.39 is 29.7 Å². The van der Waals surface area contributed by atoms with Crippen LogP contribution >= 0.6 is 11.3 Å². The van der Waals surface area contributed by atoms with E-state index in [0.717, 1.165) is 54.3 Å². The van der Waals surface area contributed by atoms with Crippen LogP contribution in [-0.4, -0.2) is 89.9 Å². The van der Waals surface area contributed by atoms with Crippen LogP contribution in [0.5, 0.6) is 0 Å². The lowest BCUT2D eigenvalue weighted by molar-refractivity contribution is -0.136. The van der Waals surface area contributed by atoms with E-state index in [4.69, 9.17) is 4.74 Å². The van der Waals surface area contributed by atoms with Gasteiger partial charge in [-0.1, -0.05) is 6.07 Å². The number of amides is 4. The van der Waals surface area contributed by atoms with Gasteiger partial charge >= 0.3 is 0 Å². The molecule has 1 aromatic heterocycles. The minimum absolute atomic E-state index is 0.0901. The number of hydrogen-bond acceptors (Lipinski definition) is 10. The number of fused-ring (bicyclic) bond motifs is 1. The maximum absolute atomic E-state index is 13.2. The summed E-state index contributed by atoms with van der Waals surface area (Å²) in [6.07, 6.45) is 2.05. The maximum atomic E-state index is 13.2. The molecule has 0 spiro atoms. The van der Waals surface area contributed by atoms with Gasteiger partial charge in [-0.05, 0) is 18.6 Å². The van der Waals surface area contributed by atoms with Crippen LogP contribution < -0.4 is 15.5 Å². The number of ether oxygens (including phenoxy) is 1. The molecule has 1 atom stereocenters. The molecule has 11 nitrogen and oxygen atoms in total. The fraction of sp³-hybridized carbons (Fsp3) is 0.458. The SMILES string of the molecule is O=C1CCC(N2C(=O)c3cccc(NCc4cnc(N5CC(N6CCOCC6)C5)s4)c3C2=O)C(=O)N1. The summed E-state index contributed by atoms with van der Waals surface area (Å²) >= 11 is 1.61. The zero-order chi connectivity index (χ0) is 24.8. The van der Waals surface area contributed by atoms with Gasteiger partial charge in [0.05, 0.1) is 30.9 Å². The first-order valence-electron chi connectivity index (χ1n) is 12.1. The average molecular weight is 511 g/mol. The van der Waals surface area contributed by atoms with Crippen molar-refractivity contribution in [3.8, 4) is 0 Å². The lowest BCUT2D eigenvalue weighted by Crippen LogP contribution is -2.61. The number of benzene rings is 1. The molecule has 2 N–H and O–H groups in total. The largest absolute Gasteiger partial charge is 0.379 e. The Bertz CT molecular complexity index is 1240. The Morgan fingerprint density at radius 2 is 1.92 bits per heavy atom. The van der Waals surface area contributed by atoms with Gasteiger partial charge in [-0.2, -0.15) is 0 Å². The van der Waals surface area contributed by atoms with Crippen molar-refractivity contribution in [2.24, 2.45) is 0 Å². The van der Waals surface area contributed by atoms with Gasteiger partial charge < -0.3 is 15.0 Å². The molecule has 188 valence electrons. The van der Waals surface area contributed by atoms with Crippen molar-refractivity contribution in [1.29, 1.82) is 0 Å². The second kappa shape index (κ2) is 9.26. The number of morpholine rings is 1. The van der Waals surface area contributed by atoms with Crippen LogP contribution in [-0.2, 0) is 20.9 Å². The predicted octanol–water partition coefficient (Wildman–Crippen LogP) is 0.677. The van der Waals surface area contributed by atoms with Gasteiger partial charge in [0.15, 0.2) is 5.13 Å². The lowest BCUT2D eigenvalue weighted by atomic mass is 10.0. The van der Waals surface area contributed by atoms with Crippen molar-refractivity contribution in [2.75, 3.05) is 49.6 Å². The Kier molecular flexibility index (Phi) is 5.94. The molecule has 5 heterocycles. The highest BCUT2D eigenvalue weighted by atomic mass is 32.1. The number of anilines is 2. The monoisotopic (exact) mass is 510 g/mol. The second-order valence-corrected chi connectivity index (χ2v) is 10.4. The minimum atomic E-state index is -0.982. The third-order valence-corrected chi connectivity index (χ3v) is 8.22. The van der Waals surface area contributed by atoms with E-state index in [2.05, 4.69) is 25.4 Å². The summed E-state index contributed by atoms with van der Waals surface area (Å²) in [6.45, 7) is 5.93. The number of carbonyl (C=O) groups excluding carboxylic acids is 4. The first-order chi connectivity index (χ1) is 17.5. The molecule has 0 radical (unpaired) electrons. The zero-order valence-corrected chi connectivity index (χ0v) is 20.4. The molecule has 4 amide bonds. The number of rotatable bonds is 6. The normalized spacial score (nSPS) is 23.1. The second-order valence-electron chi connectivity index (χ2n) is 9.35. The molecule has 4 aliphatic heterocycles. The Balaban J connectivity index is 1.11. The standard InChI is InChI=1S/C24H26N6O5S/c31-19-5-4-18(21(32)27-19)30-22(33)16-2-1-3-17(20(16)23(30)34)25-10-15-11-26-24(36-15)29-12-14(13-29)28-6-8-35-9-7-28/h1-3,11,14,18,25H,4-10,12-13H2,(H,27,31,32). The Labute approximate surface area is 211 Å². The van der Waals surface area contributed by atoms with Crippen LogP contribution in [0.1, 0.15) is 38.4 Å². The Hall–Kier alpha value is -3.35. The van der Waals surface area contributed by atoms with Crippen LogP contribution in [0, 0.1) is 0 Å². The first kappa shape index (κ1) is 23.1. The molecule has 0 bridgehead atoms. The number of thiazole rings is 1. The van der Waals surface area contributed by atoms with Crippen molar-refractivity contribution in [1.82, 2.24) is 20.1 Å². The highest BCUT2D eigenvalue weighted by molar-refractivity contribution is 7.15. The topological polar surface area (TPSA) is 124 Å². The fourth-order valence-electron chi connectivity index (χ4n) is 5.15. The van der Waals surface area contributed by atoms with E-state index in [1.807, 2.05) is 6.20 Å². The van der Waals surface area contributed by atoms with Gasteiger partial charge in [-0.3, -0.25) is 34.3 Å². The van der Waals surface area contributed by atoms with Crippen molar-refractivity contribution in [2.45, 2.75) is 31.5 Å². The number of piperidine rings is 1. The molecule has 3 saturated heterocycles. The molecule has 0 aliphatic carbocycles. The number of carbonyl (C=O) groups is 4. The number of imide groups is 2. The maximum Gasteiger partial charge on any atom is 0.264 e. The highest BCUT2D eigenvalue weighted by Gasteiger charge is 2.45. The molecule has 6 rings (SSSR count). The molecule has 36 heavy (non-hydrogen) atoms. The Morgan fingerprint density at radius 3 is 2.69 bits per heavy atom. The lowest BCUT2D eigenvalue weighted by Gasteiger charge is -2.46. The van der Waals surface area contributed by atoms with E-state index in [9.17, 15) is 19.2 Å². The Morgan fingerprint density at radius 1 is 1.11 bits per heavy atom. The first-order valence-corrected chi connectivity index (χ1v) is 12.9. The molecule has 1 aromatic carbocycles. The van der Waals surface area contributed by atoms with Crippen LogP contribution in [0.4, 0.5) is 10.8 Å². The average Bonchev–Trinajstić information content (AvgIpc) is 3.41. The number of nitrogens with one attached hydrogen (secondary N) is 2. The van der Waals surface area contributed by atoms with Crippen molar-refractivity contribution in [3.63, 3.8) is 0 Å². The van der Waals surface area contributed by atoms with E-state index in [1.54, 1.807) is 29.5 Å². The van der Waals surface area contributed by atoms with Crippen LogP contribution in [0.15, 0.2) is 24.4 Å². The van der Waals surface area contributed by atoms with E-state index in [-0.39, 0.29) is 24.0 Å².